The molecule has 0 fully saturated rings. The molecule has 13 heavy (non-hydrogen) atoms. The van der Waals surface area contributed by atoms with E-state index < -0.39 is 0 Å². The summed E-state index contributed by atoms with van der Waals surface area (Å²) in [6.07, 6.45) is 0. The fourth-order valence-corrected chi connectivity index (χ4v) is 1.05. The van der Waals surface area contributed by atoms with Crippen molar-refractivity contribution in [2.24, 2.45) is 0 Å². The van der Waals surface area contributed by atoms with Crippen LogP contribution in [0.3, 0.4) is 0 Å². The van der Waals surface area contributed by atoms with Gasteiger partial charge < -0.3 is 0 Å². The molecule has 1 rings (SSSR count). The second kappa shape index (κ2) is 3.85. The van der Waals surface area contributed by atoms with Gasteiger partial charge in [-0.3, -0.25) is 14.9 Å². The first-order valence-corrected chi connectivity index (χ1v) is 3.99. The van der Waals surface area contributed by atoms with E-state index in [1.807, 2.05) is 19.1 Å². The first-order chi connectivity index (χ1) is 6.11. The molecule has 0 aromatic heterocycles. The summed E-state index contributed by atoms with van der Waals surface area (Å²) in [7, 11) is 0. The number of amides is 2. The molecule has 1 aromatic carbocycles. The molecule has 0 aliphatic carbocycles. The Morgan fingerprint density at radius 1 is 1.23 bits per heavy atom. The maximum absolute atomic E-state index is 11.3. The van der Waals surface area contributed by atoms with Crippen molar-refractivity contribution < 1.29 is 9.59 Å². The van der Waals surface area contributed by atoms with E-state index in [4.69, 9.17) is 0 Å². The third-order valence-electron chi connectivity index (χ3n) is 1.68. The van der Waals surface area contributed by atoms with Crippen LogP contribution in [-0.4, -0.2) is 11.8 Å². The van der Waals surface area contributed by atoms with Crippen LogP contribution in [0.2, 0.25) is 0 Å². The Kier molecular flexibility index (Phi) is 2.80. The number of carbonyl (C=O) groups excluding carboxylic acids is 2. The largest absolute Gasteiger partial charge is 0.293 e. The monoisotopic (exact) mass is 177 g/mol. The topological polar surface area (TPSA) is 46.2 Å². The number of carbonyl (C=O) groups is 2. The molecule has 0 spiro atoms. The number of hydrogen-bond donors (Lipinski definition) is 1. The first kappa shape index (κ1) is 9.45. The highest BCUT2D eigenvalue weighted by Gasteiger charge is 2.08. The highest BCUT2D eigenvalue weighted by Crippen LogP contribution is 2.05. The minimum Gasteiger partial charge on any atom is -0.293 e. The van der Waals surface area contributed by atoms with Gasteiger partial charge in [0.25, 0.3) is 5.91 Å². The number of hydrogen-bond acceptors (Lipinski definition) is 2. The quantitative estimate of drug-likeness (QED) is 0.702. The Hall–Kier alpha value is -1.64. The van der Waals surface area contributed by atoms with Crippen molar-refractivity contribution in [1.29, 1.82) is 0 Å². The maximum atomic E-state index is 11.3. The van der Waals surface area contributed by atoms with Crippen molar-refractivity contribution in [3.8, 4) is 0 Å². The zero-order valence-corrected chi connectivity index (χ0v) is 7.63. The first-order valence-electron chi connectivity index (χ1n) is 3.99. The molecular formula is C10H11NO2. The molecule has 0 saturated heterocycles. The van der Waals surface area contributed by atoms with E-state index in [1.165, 1.54) is 6.92 Å². The summed E-state index contributed by atoms with van der Waals surface area (Å²) in [6.45, 7) is 3.14. The molecule has 0 heterocycles. The van der Waals surface area contributed by atoms with Crippen LogP contribution in [0.25, 0.3) is 0 Å². The summed E-state index contributed by atoms with van der Waals surface area (Å²) < 4.78 is 0. The van der Waals surface area contributed by atoms with Gasteiger partial charge in [0.05, 0.1) is 0 Å². The predicted octanol–water partition coefficient (Wildman–Crippen LogP) is 1.27. The second-order valence-corrected chi connectivity index (χ2v) is 2.83. The molecule has 1 aromatic rings. The van der Waals surface area contributed by atoms with Crippen molar-refractivity contribution in [3.63, 3.8) is 0 Å². The molecule has 0 atom stereocenters. The molecule has 0 unspecified atom stereocenters. The smallest absolute Gasteiger partial charge is 0.258 e. The molecule has 68 valence electrons. The van der Waals surface area contributed by atoms with Crippen LogP contribution in [0.5, 0.6) is 0 Å². The van der Waals surface area contributed by atoms with Crippen LogP contribution in [-0.2, 0) is 4.79 Å². The molecule has 0 aliphatic heterocycles. The summed E-state index contributed by atoms with van der Waals surface area (Å²) in [5.74, 6) is -0.682. The Morgan fingerprint density at radius 3 is 2.38 bits per heavy atom. The van der Waals surface area contributed by atoms with E-state index in [-0.39, 0.29) is 11.8 Å². The maximum Gasteiger partial charge on any atom is 0.258 e. The van der Waals surface area contributed by atoms with Gasteiger partial charge in [-0.25, -0.2) is 0 Å². The molecule has 1 N–H and O–H groups in total. The van der Waals surface area contributed by atoms with Crippen LogP contribution < -0.4 is 5.32 Å². The summed E-state index contributed by atoms with van der Waals surface area (Å²) in [4.78, 5) is 22.0. The molecule has 3 nitrogen and oxygen atoms in total. The molecule has 0 bridgehead atoms. The van der Waals surface area contributed by atoms with E-state index in [9.17, 15) is 9.59 Å². The van der Waals surface area contributed by atoms with Gasteiger partial charge in [0.1, 0.15) is 0 Å². The van der Waals surface area contributed by atoms with E-state index >= 15 is 0 Å². The highest BCUT2D eigenvalue weighted by molar-refractivity contribution is 6.04. The number of rotatable bonds is 1. The van der Waals surface area contributed by atoms with Crippen LogP contribution >= 0.6 is 0 Å². The molecule has 0 aliphatic rings. The van der Waals surface area contributed by atoms with E-state index in [1.54, 1.807) is 12.1 Å². The van der Waals surface area contributed by atoms with Crippen molar-refractivity contribution in [2.75, 3.05) is 0 Å². The second-order valence-electron chi connectivity index (χ2n) is 2.83. The average molecular weight is 177 g/mol. The van der Waals surface area contributed by atoms with Crippen LogP contribution in [0.1, 0.15) is 22.8 Å². The van der Waals surface area contributed by atoms with Crippen LogP contribution in [0.15, 0.2) is 24.3 Å². The van der Waals surface area contributed by atoms with Gasteiger partial charge in [-0.05, 0) is 18.6 Å². The van der Waals surface area contributed by atoms with Gasteiger partial charge in [0, 0.05) is 12.5 Å². The van der Waals surface area contributed by atoms with Crippen LogP contribution in [0, 0.1) is 6.92 Å². The summed E-state index contributed by atoms with van der Waals surface area (Å²) in [5, 5.41) is 2.22. The fourth-order valence-electron chi connectivity index (χ4n) is 1.05. The summed E-state index contributed by atoms with van der Waals surface area (Å²) in [5.41, 5.74) is 1.40. The lowest BCUT2D eigenvalue weighted by molar-refractivity contribution is -0.118. The number of nitrogens with one attached hydrogen (secondary N) is 1. The zero-order chi connectivity index (χ0) is 9.84. The Labute approximate surface area is 76.8 Å². The molecule has 3 heteroatoms. The molecular weight excluding hydrogens is 166 g/mol. The summed E-state index contributed by atoms with van der Waals surface area (Å²) >= 11 is 0. The minimum atomic E-state index is -0.342. The van der Waals surface area contributed by atoms with Gasteiger partial charge in [-0.1, -0.05) is 18.2 Å². The average Bonchev–Trinajstić information content (AvgIpc) is 2.03. The SMILES string of the molecule is CC(=O)NC(=O)c1ccccc1C. The molecule has 2 amide bonds. The van der Waals surface area contributed by atoms with Crippen molar-refractivity contribution in [1.82, 2.24) is 5.32 Å². The van der Waals surface area contributed by atoms with E-state index in [2.05, 4.69) is 5.32 Å². The van der Waals surface area contributed by atoms with E-state index in [0.717, 1.165) is 5.56 Å². The van der Waals surface area contributed by atoms with Gasteiger partial charge in [-0.15, -0.1) is 0 Å². The zero-order valence-electron chi connectivity index (χ0n) is 7.63. The number of aryl methyl sites for hydroxylation is 1. The lowest BCUT2D eigenvalue weighted by Gasteiger charge is -2.03. The fraction of sp³-hybridized carbons (Fsp3) is 0.200. The third kappa shape index (κ3) is 2.40. The third-order valence-corrected chi connectivity index (χ3v) is 1.68. The highest BCUT2D eigenvalue weighted by atomic mass is 16.2. The normalized spacial score (nSPS) is 9.38. The Balaban J connectivity index is 2.89. The number of benzene rings is 1. The van der Waals surface area contributed by atoms with Gasteiger partial charge in [0.2, 0.25) is 5.91 Å². The lowest BCUT2D eigenvalue weighted by atomic mass is 10.1. The summed E-state index contributed by atoms with van der Waals surface area (Å²) in [6, 6.07) is 7.13. The Bertz CT molecular complexity index is 345. The molecule has 0 saturated carbocycles. The van der Waals surface area contributed by atoms with Gasteiger partial charge in [-0.2, -0.15) is 0 Å². The van der Waals surface area contributed by atoms with Crippen molar-refractivity contribution in [3.05, 3.63) is 35.4 Å². The number of imide groups is 1. The van der Waals surface area contributed by atoms with Gasteiger partial charge >= 0.3 is 0 Å². The van der Waals surface area contributed by atoms with Gasteiger partial charge in [0.15, 0.2) is 0 Å². The Morgan fingerprint density at radius 2 is 1.85 bits per heavy atom. The minimum absolute atomic E-state index is 0.340. The lowest BCUT2D eigenvalue weighted by Crippen LogP contribution is -2.28. The molecule has 0 radical (unpaired) electrons. The van der Waals surface area contributed by atoms with Crippen molar-refractivity contribution in [2.45, 2.75) is 13.8 Å². The predicted molar refractivity (Wildman–Crippen MR) is 49.3 cm³/mol. The van der Waals surface area contributed by atoms with E-state index in [0.29, 0.717) is 5.56 Å². The van der Waals surface area contributed by atoms with Crippen LogP contribution in [0.4, 0.5) is 0 Å². The van der Waals surface area contributed by atoms with Crippen molar-refractivity contribution >= 4 is 11.8 Å². The standard InChI is InChI=1S/C10H11NO2/c1-7-5-3-4-6-9(7)10(13)11-8(2)12/h3-6H,1-2H3,(H,11,12,13).